The molecular weight excluding hydrogens is 321 g/mol. The molecule has 2 fully saturated rings. The lowest BCUT2D eigenvalue weighted by atomic mass is 9.58. The minimum Gasteiger partial charge on any atom is -0.396 e. The summed E-state index contributed by atoms with van der Waals surface area (Å²) in [5.74, 6) is -1.51. The van der Waals surface area contributed by atoms with E-state index in [2.05, 4.69) is 5.10 Å². The molecule has 1 aromatic rings. The smallest absolute Gasteiger partial charge is 0.392 e. The first kappa shape index (κ1) is 17.1. The van der Waals surface area contributed by atoms with Crippen molar-refractivity contribution >= 4 is 11.6 Å². The zero-order chi connectivity index (χ0) is 17.8. The molecule has 1 saturated carbocycles. The number of hydrogen-bond donors (Lipinski definition) is 1. The predicted octanol–water partition coefficient (Wildman–Crippen LogP) is 2.78. The van der Waals surface area contributed by atoms with Crippen molar-refractivity contribution in [1.29, 1.82) is 0 Å². The number of nitrogens with two attached hydrogens (primary N) is 1. The van der Waals surface area contributed by atoms with Crippen LogP contribution in [0.3, 0.4) is 0 Å². The lowest BCUT2D eigenvalue weighted by Crippen LogP contribution is -2.60. The first-order valence-electron chi connectivity index (χ1n) is 8.23. The Morgan fingerprint density at radius 3 is 2.50 bits per heavy atom. The Balaban J connectivity index is 1.80. The molecule has 1 amide bonds. The molecular formula is C16H23F3N4O. The zero-order valence-corrected chi connectivity index (χ0v) is 13.9. The van der Waals surface area contributed by atoms with Crippen molar-refractivity contribution in [1.82, 2.24) is 14.7 Å². The van der Waals surface area contributed by atoms with Crippen molar-refractivity contribution in [3.05, 3.63) is 12.4 Å². The summed E-state index contributed by atoms with van der Waals surface area (Å²) in [7, 11) is 0. The van der Waals surface area contributed by atoms with Crippen molar-refractivity contribution in [3.63, 3.8) is 0 Å². The molecule has 1 aromatic heterocycles. The normalized spacial score (nSPS) is 24.0. The summed E-state index contributed by atoms with van der Waals surface area (Å²) in [6.45, 7) is 3.73. The molecule has 134 valence electrons. The lowest BCUT2D eigenvalue weighted by Gasteiger charge is -2.54. The van der Waals surface area contributed by atoms with Crippen molar-refractivity contribution in [2.75, 3.05) is 18.8 Å². The first-order chi connectivity index (χ1) is 11.1. The number of anilines is 1. The van der Waals surface area contributed by atoms with Gasteiger partial charge in [0, 0.05) is 19.3 Å². The van der Waals surface area contributed by atoms with Gasteiger partial charge in [-0.25, -0.2) is 0 Å². The molecule has 24 heavy (non-hydrogen) atoms. The van der Waals surface area contributed by atoms with Gasteiger partial charge in [0.25, 0.3) is 0 Å². The number of hydrogen-bond acceptors (Lipinski definition) is 3. The Bertz CT molecular complexity index is 634. The van der Waals surface area contributed by atoms with Crippen LogP contribution in [0.1, 0.15) is 39.5 Å². The number of carbonyl (C=O) groups is 1. The molecule has 2 N–H and O–H groups in total. The maximum absolute atomic E-state index is 13.4. The van der Waals surface area contributed by atoms with Gasteiger partial charge in [0.05, 0.1) is 17.8 Å². The van der Waals surface area contributed by atoms with Crippen LogP contribution >= 0.6 is 0 Å². The summed E-state index contributed by atoms with van der Waals surface area (Å²) in [5, 5.41) is 4.09. The van der Waals surface area contributed by atoms with E-state index in [1.165, 1.54) is 10.9 Å². The van der Waals surface area contributed by atoms with Crippen molar-refractivity contribution in [2.45, 2.75) is 51.2 Å². The molecule has 2 heterocycles. The highest BCUT2D eigenvalue weighted by molar-refractivity contribution is 5.84. The topological polar surface area (TPSA) is 64.2 Å². The molecule has 5 nitrogen and oxygen atoms in total. The maximum Gasteiger partial charge on any atom is 0.392 e. The summed E-state index contributed by atoms with van der Waals surface area (Å²) >= 11 is 0. The van der Waals surface area contributed by atoms with Crippen LogP contribution in [-0.2, 0) is 10.3 Å². The fourth-order valence-electron chi connectivity index (χ4n) is 4.11. The number of rotatable bonds is 2. The molecule has 1 atom stereocenters. The molecule has 8 heteroatoms. The number of amides is 1. The lowest BCUT2D eigenvalue weighted by molar-refractivity contribution is -0.238. The van der Waals surface area contributed by atoms with E-state index in [1.807, 2.05) is 0 Å². The fraction of sp³-hybridized carbons (Fsp3) is 0.750. The van der Waals surface area contributed by atoms with Crippen LogP contribution < -0.4 is 5.73 Å². The number of piperidine rings is 1. The van der Waals surface area contributed by atoms with Gasteiger partial charge in [-0.1, -0.05) is 6.42 Å². The maximum atomic E-state index is 13.4. The highest BCUT2D eigenvalue weighted by Gasteiger charge is 2.59. The first-order valence-corrected chi connectivity index (χ1v) is 8.23. The van der Waals surface area contributed by atoms with E-state index >= 15 is 0 Å². The number of nitrogens with zero attached hydrogens (tertiary/aromatic N) is 3. The third kappa shape index (κ3) is 2.65. The van der Waals surface area contributed by atoms with Crippen LogP contribution in [0.5, 0.6) is 0 Å². The summed E-state index contributed by atoms with van der Waals surface area (Å²) in [4.78, 5) is 14.5. The molecule has 0 radical (unpaired) electrons. The summed E-state index contributed by atoms with van der Waals surface area (Å²) in [6, 6.07) is 0. The van der Waals surface area contributed by atoms with Crippen molar-refractivity contribution in [3.8, 4) is 0 Å². The van der Waals surface area contributed by atoms with Crippen molar-refractivity contribution in [2.24, 2.45) is 11.3 Å². The summed E-state index contributed by atoms with van der Waals surface area (Å²) in [6.07, 6.45) is 0.686. The highest BCUT2D eigenvalue weighted by atomic mass is 19.4. The fourth-order valence-corrected chi connectivity index (χ4v) is 4.11. The van der Waals surface area contributed by atoms with Crippen LogP contribution in [0.2, 0.25) is 0 Å². The largest absolute Gasteiger partial charge is 0.396 e. The van der Waals surface area contributed by atoms with Crippen LogP contribution in [0.4, 0.5) is 18.9 Å². The molecule has 3 rings (SSSR count). The van der Waals surface area contributed by atoms with Crippen LogP contribution in [0, 0.1) is 11.3 Å². The molecule has 1 spiro atoms. The van der Waals surface area contributed by atoms with Gasteiger partial charge in [0.2, 0.25) is 5.91 Å². The Hall–Kier alpha value is -1.73. The Morgan fingerprint density at radius 2 is 2.04 bits per heavy atom. The van der Waals surface area contributed by atoms with E-state index < -0.39 is 23.0 Å². The average Bonchev–Trinajstić information content (AvgIpc) is 2.90. The number of halogens is 3. The average molecular weight is 344 g/mol. The van der Waals surface area contributed by atoms with Crippen molar-refractivity contribution < 1.29 is 18.0 Å². The third-order valence-corrected chi connectivity index (χ3v) is 5.66. The van der Waals surface area contributed by atoms with Gasteiger partial charge in [-0.15, -0.1) is 0 Å². The molecule has 1 unspecified atom stereocenters. The molecule has 1 aliphatic carbocycles. The molecule has 0 aromatic carbocycles. The highest BCUT2D eigenvalue weighted by Crippen LogP contribution is 2.56. The number of likely N-dealkylation sites (tertiary alicyclic amines) is 1. The van der Waals surface area contributed by atoms with E-state index in [1.54, 1.807) is 24.9 Å². The van der Waals surface area contributed by atoms with Gasteiger partial charge in [-0.05, 0) is 38.5 Å². The summed E-state index contributed by atoms with van der Waals surface area (Å²) < 4.78 is 41.5. The van der Waals surface area contributed by atoms with Crippen LogP contribution in [-0.4, -0.2) is 39.9 Å². The number of aromatic nitrogens is 2. The van der Waals surface area contributed by atoms with E-state index in [-0.39, 0.29) is 25.4 Å². The number of carbonyl (C=O) groups excluding carboxylic acids is 1. The Morgan fingerprint density at radius 1 is 1.38 bits per heavy atom. The minimum atomic E-state index is -4.19. The third-order valence-electron chi connectivity index (χ3n) is 5.66. The van der Waals surface area contributed by atoms with Gasteiger partial charge in [-0.3, -0.25) is 9.48 Å². The van der Waals surface area contributed by atoms with Gasteiger partial charge in [0.15, 0.2) is 0 Å². The second-order valence-corrected chi connectivity index (χ2v) is 7.60. The standard InChI is InChI=1S/C16H23F3N4O/c1-14(2,23-9-11(20)8-21-23)13(24)22-7-4-12(16(17,18)19)15(10-22)5-3-6-15/h8-9,12H,3-7,10,20H2,1-2H3. The molecule has 1 aliphatic heterocycles. The second-order valence-electron chi connectivity index (χ2n) is 7.60. The van der Waals surface area contributed by atoms with Crippen LogP contribution in [0.25, 0.3) is 0 Å². The monoisotopic (exact) mass is 344 g/mol. The molecule has 1 saturated heterocycles. The van der Waals surface area contributed by atoms with Gasteiger partial charge >= 0.3 is 6.18 Å². The number of alkyl halides is 3. The van der Waals surface area contributed by atoms with Crippen LogP contribution in [0.15, 0.2) is 12.4 Å². The van der Waals surface area contributed by atoms with E-state index in [0.29, 0.717) is 18.5 Å². The summed E-state index contributed by atoms with van der Waals surface area (Å²) in [5.41, 5.74) is 4.33. The zero-order valence-electron chi connectivity index (χ0n) is 13.9. The van der Waals surface area contributed by atoms with E-state index in [9.17, 15) is 18.0 Å². The van der Waals surface area contributed by atoms with Gasteiger partial charge in [0.1, 0.15) is 5.54 Å². The minimum absolute atomic E-state index is 0.0213. The van der Waals surface area contributed by atoms with E-state index in [4.69, 9.17) is 5.73 Å². The predicted molar refractivity (Wildman–Crippen MR) is 83.0 cm³/mol. The SMILES string of the molecule is CC(C)(C(=O)N1CCC(C(F)(F)F)C2(CCC2)C1)n1cc(N)cn1. The van der Waals surface area contributed by atoms with Gasteiger partial charge in [-0.2, -0.15) is 18.3 Å². The van der Waals surface area contributed by atoms with Gasteiger partial charge < -0.3 is 10.6 Å². The van der Waals surface area contributed by atoms with E-state index in [0.717, 1.165) is 6.42 Å². The quantitative estimate of drug-likeness (QED) is 0.897. The number of nitrogen functional groups attached to an aromatic ring is 1. The molecule has 2 aliphatic rings. The Labute approximate surface area is 139 Å². The second kappa shape index (κ2) is 5.39. The Kier molecular flexibility index (Phi) is 3.84. The molecule has 0 bridgehead atoms.